The molecular formula is C15H25N3O2. The molecule has 0 heterocycles. The second-order valence-electron chi connectivity index (χ2n) is 4.82. The highest BCUT2D eigenvalue weighted by Gasteiger charge is 2.02. The van der Waals surface area contributed by atoms with Gasteiger partial charge in [0.2, 0.25) is 0 Å². The van der Waals surface area contributed by atoms with Gasteiger partial charge in [-0.15, -0.1) is 0 Å². The predicted octanol–water partition coefficient (Wildman–Crippen LogP) is 1.49. The van der Waals surface area contributed by atoms with Crippen LogP contribution in [0.3, 0.4) is 0 Å². The molecule has 0 fully saturated rings. The lowest BCUT2D eigenvalue weighted by Crippen LogP contribution is -2.40. The number of methoxy groups -OCH3 is 2. The maximum atomic E-state index is 5.81. The van der Waals surface area contributed by atoms with E-state index in [1.165, 1.54) is 5.56 Å². The van der Waals surface area contributed by atoms with E-state index in [1.54, 1.807) is 14.2 Å². The van der Waals surface area contributed by atoms with Crippen LogP contribution in [0.4, 0.5) is 0 Å². The Morgan fingerprint density at radius 1 is 1.40 bits per heavy atom. The molecule has 0 aliphatic heterocycles. The minimum atomic E-state index is 0.156. The Kier molecular flexibility index (Phi) is 6.87. The van der Waals surface area contributed by atoms with E-state index in [1.807, 2.05) is 19.9 Å². The SMILES string of the molecule is COCC(C)NC(N)=NCCc1ccc(C)c(OC)c1. The summed E-state index contributed by atoms with van der Waals surface area (Å²) in [7, 11) is 3.35. The van der Waals surface area contributed by atoms with Crippen LogP contribution in [0.5, 0.6) is 5.75 Å². The van der Waals surface area contributed by atoms with Gasteiger partial charge in [0, 0.05) is 19.7 Å². The molecule has 20 heavy (non-hydrogen) atoms. The molecule has 0 saturated carbocycles. The van der Waals surface area contributed by atoms with E-state index in [4.69, 9.17) is 15.2 Å². The number of nitrogens with one attached hydrogen (secondary N) is 1. The zero-order valence-corrected chi connectivity index (χ0v) is 12.8. The Labute approximate surface area is 121 Å². The first-order valence-corrected chi connectivity index (χ1v) is 6.75. The molecule has 0 aliphatic rings. The van der Waals surface area contributed by atoms with E-state index >= 15 is 0 Å². The molecule has 0 radical (unpaired) electrons. The fourth-order valence-corrected chi connectivity index (χ4v) is 1.92. The fourth-order valence-electron chi connectivity index (χ4n) is 1.92. The van der Waals surface area contributed by atoms with Gasteiger partial charge in [0.25, 0.3) is 0 Å². The number of hydrogen-bond donors (Lipinski definition) is 2. The maximum Gasteiger partial charge on any atom is 0.188 e. The number of rotatable bonds is 7. The van der Waals surface area contributed by atoms with Gasteiger partial charge in [0.05, 0.1) is 13.7 Å². The van der Waals surface area contributed by atoms with E-state index in [-0.39, 0.29) is 6.04 Å². The first-order chi connectivity index (χ1) is 9.56. The van der Waals surface area contributed by atoms with Crippen molar-refractivity contribution in [3.05, 3.63) is 29.3 Å². The summed E-state index contributed by atoms with van der Waals surface area (Å²) in [5, 5.41) is 3.08. The van der Waals surface area contributed by atoms with E-state index in [9.17, 15) is 0 Å². The molecule has 0 amide bonds. The van der Waals surface area contributed by atoms with Crippen molar-refractivity contribution in [2.24, 2.45) is 10.7 Å². The van der Waals surface area contributed by atoms with Crippen LogP contribution in [-0.2, 0) is 11.2 Å². The molecule has 3 N–H and O–H groups in total. The van der Waals surface area contributed by atoms with Crippen molar-refractivity contribution in [3.63, 3.8) is 0 Å². The molecule has 1 unspecified atom stereocenters. The van der Waals surface area contributed by atoms with Gasteiger partial charge in [-0.05, 0) is 37.5 Å². The fraction of sp³-hybridized carbons (Fsp3) is 0.533. The summed E-state index contributed by atoms with van der Waals surface area (Å²) in [4.78, 5) is 4.31. The van der Waals surface area contributed by atoms with Crippen LogP contribution >= 0.6 is 0 Å². The highest BCUT2D eigenvalue weighted by atomic mass is 16.5. The van der Waals surface area contributed by atoms with E-state index in [2.05, 4.69) is 22.4 Å². The molecule has 1 rings (SSSR count). The van der Waals surface area contributed by atoms with Crippen LogP contribution in [0.15, 0.2) is 23.2 Å². The van der Waals surface area contributed by atoms with Crippen molar-refractivity contribution < 1.29 is 9.47 Å². The first-order valence-electron chi connectivity index (χ1n) is 6.75. The number of aryl methyl sites for hydroxylation is 1. The Morgan fingerprint density at radius 3 is 2.80 bits per heavy atom. The van der Waals surface area contributed by atoms with Gasteiger partial charge in [-0.2, -0.15) is 0 Å². The van der Waals surface area contributed by atoms with E-state index < -0.39 is 0 Å². The zero-order chi connectivity index (χ0) is 15.0. The summed E-state index contributed by atoms with van der Waals surface area (Å²) in [6.45, 7) is 5.27. The standard InChI is InChI=1S/C15H25N3O2/c1-11-5-6-13(9-14(11)20-4)7-8-17-15(16)18-12(2)10-19-3/h5-6,9,12H,7-8,10H2,1-4H3,(H3,16,17,18). The van der Waals surface area contributed by atoms with Gasteiger partial charge >= 0.3 is 0 Å². The largest absolute Gasteiger partial charge is 0.496 e. The maximum absolute atomic E-state index is 5.81. The molecule has 0 aromatic heterocycles. The molecule has 0 saturated heterocycles. The molecule has 0 bridgehead atoms. The zero-order valence-electron chi connectivity index (χ0n) is 12.8. The van der Waals surface area contributed by atoms with Crippen LogP contribution in [0, 0.1) is 6.92 Å². The average molecular weight is 279 g/mol. The Bertz CT molecular complexity index is 447. The van der Waals surface area contributed by atoms with Crippen LogP contribution in [0.25, 0.3) is 0 Å². The number of guanidine groups is 1. The summed E-state index contributed by atoms with van der Waals surface area (Å²) in [5.41, 5.74) is 8.13. The van der Waals surface area contributed by atoms with Crippen molar-refractivity contribution in [1.29, 1.82) is 0 Å². The lowest BCUT2D eigenvalue weighted by molar-refractivity contribution is 0.179. The lowest BCUT2D eigenvalue weighted by Gasteiger charge is -2.13. The Morgan fingerprint density at radius 2 is 2.15 bits per heavy atom. The summed E-state index contributed by atoms with van der Waals surface area (Å²) in [6.07, 6.45) is 0.831. The molecule has 1 aromatic rings. The highest BCUT2D eigenvalue weighted by Crippen LogP contribution is 2.19. The number of aliphatic imine (C=N–C) groups is 1. The first kappa shape index (κ1) is 16.3. The normalized spacial score (nSPS) is 13.1. The van der Waals surface area contributed by atoms with Crippen LogP contribution in [-0.4, -0.2) is 39.4 Å². The molecule has 0 aliphatic carbocycles. The molecule has 5 heteroatoms. The molecule has 5 nitrogen and oxygen atoms in total. The molecule has 1 atom stereocenters. The summed E-state index contributed by atoms with van der Waals surface area (Å²) < 4.78 is 10.3. The molecule has 0 spiro atoms. The Balaban J connectivity index is 2.47. The summed E-state index contributed by atoms with van der Waals surface area (Å²) in [5.74, 6) is 1.36. The van der Waals surface area contributed by atoms with Crippen molar-refractivity contribution in [3.8, 4) is 5.75 Å². The summed E-state index contributed by atoms with van der Waals surface area (Å²) in [6, 6.07) is 6.34. The number of nitrogens with zero attached hydrogens (tertiary/aromatic N) is 1. The highest BCUT2D eigenvalue weighted by molar-refractivity contribution is 5.78. The number of ether oxygens (including phenoxy) is 2. The molecular weight excluding hydrogens is 254 g/mol. The van der Waals surface area contributed by atoms with E-state index in [0.29, 0.717) is 19.1 Å². The predicted molar refractivity (Wildman–Crippen MR) is 82.4 cm³/mol. The molecule has 112 valence electrons. The van der Waals surface area contributed by atoms with Gasteiger partial charge in [0.1, 0.15) is 5.75 Å². The number of benzene rings is 1. The van der Waals surface area contributed by atoms with Crippen molar-refractivity contribution in [2.45, 2.75) is 26.3 Å². The van der Waals surface area contributed by atoms with Crippen molar-refractivity contribution in [1.82, 2.24) is 5.32 Å². The summed E-state index contributed by atoms with van der Waals surface area (Å²) >= 11 is 0. The second kappa shape index (κ2) is 8.43. The average Bonchev–Trinajstić information content (AvgIpc) is 2.40. The van der Waals surface area contributed by atoms with Gasteiger partial charge in [-0.1, -0.05) is 12.1 Å². The third-order valence-electron chi connectivity index (χ3n) is 2.97. The quantitative estimate of drug-likeness (QED) is 0.586. The van der Waals surface area contributed by atoms with Gasteiger partial charge in [-0.25, -0.2) is 0 Å². The van der Waals surface area contributed by atoms with E-state index in [0.717, 1.165) is 17.7 Å². The smallest absolute Gasteiger partial charge is 0.188 e. The number of hydrogen-bond acceptors (Lipinski definition) is 3. The number of nitrogens with two attached hydrogens (primary N) is 1. The Hall–Kier alpha value is -1.75. The lowest BCUT2D eigenvalue weighted by atomic mass is 10.1. The van der Waals surface area contributed by atoms with Gasteiger partial charge in [0.15, 0.2) is 5.96 Å². The van der Waals surface area contributed by atoms with Crippen LogP contribution in [0.1, 0.15) is 18.1 Å². The molecule has 1 aromatic carbocycles. The topological polar surface area (TPSA) is 68.9 Å². The minimum Gasteiger partial charge on any atom is -0.496 e. The van der Waals surface area contributed by atoms with Gasteiger partial charge in [-0.3, -0.25) is 4.99 Å². The van der Waals surface area contributed by atoms with Crippen LogP contribution in [0.2, 0.25) is 0 Å². The van der Waals surface area contributed by atoms with Crippen molar-refractivity contribution in [2.75, 3.05) is 27.4 Å². The third kappa shape index (κ3) is 5.48. The van der Waals surface area contributed by atoms with Crippen LogP contribution < -0.4 is 15.8 Å². The second-order valence-corrected chi connectivity index (χ2v) is 4.82. The third-order valence-corrected chi connectivity index (χ3v) is 2.97. The minimum absolute atomic E-state index is 0.156. The van der Waals surface area contributed by atoms with Gasteiger partial charge < -0.3 is 20.5 Å². The van der Waals surface area contributed by atoms with Crippen molar-refractivity contribution >= 4 is 5.96 Å². The monoisotopic (exact) mass is 279 g/mol.